The molecule has 0 amide bonds. The van der Waals surface area contributed by atoms with E-state index in [9.17, 15) is 14.2 Å². The van der Waals surface area contributed by atoms with Crippen LogP contribution in [0.15, 0.2) is 24.3 Å². The third-order valence-corrected chi connectivity index (χ3v) is 23.5. The fourth-order valence-electron chi connectivity index (χ4n) is 4.93. The molecule has 4 rings (SSSR count). The Morgan fingerprint density at radius 1 is 0.574 bits per heavy atom. The first kappa shape index (κ1) is 41.1. The Morgan fingerprint density at radius 3 is 1.09 bits per heavy atom. The van der Waals surface area contributed by atoms with Crippen LogP contribution in [0.25, 0.3) is 0 Å². The molecule has 268 valence electrons. The highest BCUT2D eigenvalue weighted by Gasteiger charge is 2.42. The number of rotatable bonds is 16. The molecule has 0 bridgehead atoms. The van der Waals surface area contributed by atoms with E-state index in [1.807, 2.05) is 94.1 Å². The van der Waals surface area contributed by atoms with Gasteiger partial charge in [0, 0.05) is 87.5 Å². The van der Waals surface area contributed by atoms with Crippen molar-refractivity contribution >= 4 is 114 Å². The van der Waals surface area contributed by atoms with Crippen LogP contribution in [0.2, 0.25) is 0 Å². The number of ether oxygens (including phenoxy) is 2. The van der Waals surface area contributed by atoms with Gasteiger partial charge in [-0.1, -0.05) is 13.2 Å². The monoisotopic (exact) mass is 820 g/mol. The van der Waals surface area contributed by atoms with Crippen molar-refractivity contribution in [2.24, 2.45) is 10.8 Å². The lowest BCUT2D eigenvalue weighted by molar-refractivity contribution is -0.139. The standard InChI is InChI=1S/C31H49O7PS8/c1-22(2)28(32)35-10-6-24-40-14-30(15-41-24)18-44-26(45-19-30)8-12-37-39(5,34)38-13-9-27-46-20-31(21-47-27)16-42-25(43-17-31)7-11-36-29(33)23(3)4/h24-27H,1,3,6-21H2,2,4-5H3. The van der Waals surface area contributed by atoms with Crippen LogP contribution in [-0.4, -0.2) is 109 Å². The van der Waals surface area contributed by atoms with Gasteiger partial charge in [-0.25, -0.2) is 9.59 Å². The third-order valence-electron chi connectivity index (χ3n) is 7.83. The molecule has 0 aromatic heterocycles. The van der Waals surface area contributed by atoms with Gasteiger partial charge >= 0.3 is 19.5 Å². The Balaban J connectivity index is 1.02. The minimum atomic E-state index is -3.07. The Hall–Kier alpha value is 1.37. The molecule has 16 heteroatoms. The number of hydrogen-bond donors (Lipinski definition) is 0. The first-order valence-electron chi connectivity index (χ1n) is 15.8. The minimum absolute atomic E-state index is 0.299. The molecule has 0 aromatic carbocycles. The van der Waals surface area contributed by atoms with E-state index in [4.69, 9.17) is 18.5 Å². The van der Waals surface area contributed by atoms with Crippen molar-refractivity contribution in [3.05, 3.63) is 24.3 Å². The van der Waals surface area contributed by atoms with Gasteiger partial charge in [0.25, 0.3) is 0 Å². The first-order valence-corrected chi connectivity index (χ1v) is 26.2. The van der Waals surface area contributed by atoms with Crippen molar-refractivity contribution in [2.75, 3.05) is 79.1 Å². The summed E-state index contributed by atoms with van der Waals surface area (Å²) in [5.74, 6) is 8.56. The molecular formula is C31H49O7PS8. The molecule has 4 aliphatic heterocycles. The van der Waals surface area contributed by atoms with Gasteiger partial charge in [-0.3, -0.25) is 4.57 Å². The van der Waals surface area contributed by atoms with Crippen LogP contribution < -0.4 is 0 Å². The zero-order chi connectivity index (χ0) is 33.9. The molecule has 7 nitrogen and oxygen atoms in total. The second kappa shape index (κ2) is 20.0. The van der Waals surface area contributed by atoms with Gasteiger partial charge < -0.3 is 18.5 Å². The molecule has 0 saturated carbocycles. The summed E-state index contributed by atoms with van der Waals surface area (Å²) in [4.78, 5) is 23.2. The molecule has 4 saturated heterocycles. The number of thioether (sulfide) groups is 8. The van der Waals surface area contributed by atoms with Gasteiger partial charge in [0.05, 0.1) is 44.8 Å². The Labute approximate surface area is 316 Å². The number of esters is 2. The van der Waals surface area contributed by atoms with Gasteiger partial charge in [0.15, 0.2) is 0 Å². The minimum Gasteiger partial charge on any atom is -0.462 e. The fraction of sp³-hybridized carbons (Fsp3) is 0.806. The van der Waals surface area contributed by atoms with E-state index in [2.05, 4.69) is 13.2 Å². The van der Waals surface area contributed by atoms with Crippen LogP contribution in [0.5, 0.6) is 0 Å². The molecule has 2 spiro atoms. The molecule has 0 atom stereocenters. The molecule has 0 aliphatic carbocycles. The van der Waals surface area contributed by atoms with Crippen LogP contribution in [0.4, 0.5) is 0 Å². The van der Waals surface area contributed by atoms with Crippen LogP contribution in [0, 0.1) is 10.8 Å². The smallest absolute Gasteiger partial charge is 0.333 e. The summed E-state index contributed by atoms with van der Waals surface area (Å²) < 4.78 is 37.0. The van der Waals surface area contributed by atoms with Gasteiger partial charge in [0.2, 0.25) is 0 Å². The normalized spacial score (nSPS) is 32.4. The summed E-state index contributed by atoms with van der Waals surface area (Å²) >= 11 is 16.1. The number of carbonyl (C=O) groups is 2. The van der Waals surface area contributed by atoms with Crippen LogP contribution in [0.3, 0.4) is 0 Å². The maximum Gasteiger partial charge on any atom is 0.333 e. The molecule has 4 fully saturated rings. The van der Waals surface area contributed by atoms with E-state index in [-0.39, 0.29) is 11.9 Å². The van der Waals surface area contributed by atoms with E-state index in [0.29, 0.717) is 66.7 Å². The lowest BCUT2D eigenvalue weighted by Gasteiger charge is -2.43. The van der Waals surface area contributed by atoms with E-state index >= 15 is 0 Å². The van der Waals surface area contributed by atoms with Crippen molar-refractivity contribution < 1.29 is 32.7 Å². The summed E-state index contributed by atoms with van der Waals surface area (Å²) in [7, 11) is -3.07. The quantitative estimate of drug-likeness (QED) is 0.0844. The molecule has 0 N–H and O–H groups in total. The van der Waals surface area contributed by atoms with Gasteiger partial charge in [-0.2, -0.15) is 0 Å². The van der Waals surface area contributed by atoms with Crippen molar-refractivity contribution in [3.63, 3.8) is 0 Å². The predicted octanol–water partition coefficient (Wildman–Crippen LogP) is 8.84. The van der Waals surface area contributed by atoms with Crippen molar-refractivity contribution in [2.45, 2.75) is 57.9 Å². The molecule has 0 aromatic rings. The molecule has 0 unspecified atom stereocenters. The van der Waals surface area contributed by atoms with Gasteiger partial charge in [0.1, 0.15) is 0 Å². The zero-order valence-corrected chi connectivity index (χ0v) is 35.0. The van der Waals surface area contributed by atoms with Crippen molar-refractivity contribution in [1.82, 2.24) is 0 Å². The van der Waals surface area contributed by atoms with E-state index in [1.54, 1.807) is 20.5 Å². The van der Waals surface area contributed by atoms with Crippen LogP contribution in [-0.2, 0) is 32.7 Å². The Bertz CT molecular complexity index is 1030. The Morgan fingerprint density at radius 2 is 0.830 bits per heavy atom. The zero-order valence-electron chi connectivity index (χ0n) is 27.6. The first-order chi connectivity index (χ1) is 22.4. The van der Waals surface area contributed by atoms with E-state index in [1.165, 1.54) is 0 Å². The topological polar surface area (TPSA) is 88.1 Å². The average Bonchev–Trinajstić information content (AvgIpc) is 3.05. The maximum atomic E-state index is 13.0. The predicted molar refractivity (Wildman–Crippen MR) is 215 cm³/mol. The molecule has 4 aliphatic rings. The second-order valence-corrected chi connectivity index (χ2v) is 25.4. The summed E-state index contributed by atoms with van der Waals surface area (Å²) in [6.45, 7) is 14.1. The highest BCUT2D eigenvalue weighted by atomic mass is 32.2. The lowest BCUT2D eigenvalue weighted by atomic mass is 9.99. The number of hydrogen-bond acceptors (Lipinski definition) is 15. The fourth-order valence-corrected chi connectivity index (χ4v) is 19.5. The van der Waals surface area contributed by atoms with Crippen molar-refractivity contribution in [3.8, 4) is 0 Å². The van der Waals surface area contributed by atoms with Gasteiger partial charge in [-0.15, -0.1) is 94.1 Å². The average molecular weight is 821 g/mol. The Kier molecular flexibility index (Phi) is 17.5. The SMILES string of the molecule is C=C(C)C(=O)OCCC1SCC2(CS1)CSC(CCOP(C)(=O)OCCC1SCC3(CSC(CCOC(=O)C(=C)C)SC3)CS1)SC2. The molecule has 4 heterocycles. The molecular weight excluding hydrogens is 772 g/mol. The summed E-state index contributed by atoms with van der Waals surface area (Å²) in [5, 5.41) is 0. The summed E-state index contributed by atoms with van der Waals surface area (Å²) in [6, 6.07) is 0. The van der Waals surface area contributed by atoms with E-state index < -0.39 is 7.60 Å². The summed E-state index contributed by atoms with van der Waals surface area (Å²) in [5.41, 5.74) is 1.61. The van der Waals surface area contributed by atoms with Crippen molar-refractivity contribution in [1.29, 1.82) is 0 Å². The molecule has 0 radical (unpaired) electrons. The highest BCUT2D eigenvalue weighted by molar-refractivity contribution is 8.20. The molecule has 47 heavy (non-hydrogen) atoms. The largest absolute Gasteiger partial charge is 0.462 e. The maximum absolute atomic E-state index is 13.0. The summed E-state index contributed by atoms with van der Waals surface area (Å²) in [6.07, 6.45) is 3.50. The third kappa shape index (κ3) is 14.0. The second-order valence-electron chi connectivity index (χ2n) is 12.6. The lowest BCUT2D eigenvalue weighted by Crippen LogP contribution is -2.40. The highest BCUT2D eigenvalue weighted by Crippen LogP contribution is 2.53. The van der Waals surface area contributed by atoms with Gasteiger partial charge in [-0.05, 0) is 26.7 Å². The number of carbonyl (C=O) groups excluding carboxylic acids is 2. The van der Waals surface area contributed by atoms with Crippen LogP contribution >= 0.6 is 102 Å². The van der Waals surface area contributed by atoms with E-state index in [0.717, 1.165) is 71.7 Å². The van der Waals surface area contributed by atoms with Crippen LogP contribution in [0.1, 0.15) is 39.5 Å².